The van der Waals surface area contributed by atoms with Gasteiger partial charge in [0.1, 0.15) is 6.17 Å². The molecule has 1 aromatic heterocycles. The van der Waals surface area contributed by atoms with Crippen LogP contribution >= 0.6 is 11.3 Å². The van der Waals surface area contributed by atoms with Crippen LogP contribution in [0.4, 0.5) is 0 Å². The third-order valence-corrected chi connectivity index (χ3v) is 5.22. The molecule has 3 atom stereocenters. The SMILES string of the molecule is CCCCC1NC(c2cccs2)N(C(C)CCCC)C1=O. The Hall–Kier alpha value is -0.870. The molecule has 0 aromatic carbocycles. The first-order chi connectivity index (χ1) is 10.2. The molecule has 1 saturated heterocycles. The van der Waals surface area contributed by atoms with Crippen LogP contribution in [-0.4, -0.2) is 22.9 Å². The average molecular weight is 308 g/mol. The summed E-state index contributed by atoms with van der Waals surface area (Å²) >= 11 is 1.74. The molecule has 0 saturated carbocycles. The van der Waals surface area contributed by atoms with Crippen molar-refractivity contribution in [3.8, 4) is 0 Å². The molecule has 3 unspecified atom stereocenters. The number of hydrogen-bond acceptors (Lipinski definition) is 3. The number of thiophene rings is 1. The van der Waals surface area contributed by atoms with E-state index in [1.54, 1.807) is 11.3 Å². The van der Waals surface area contributed by atoms with E-state index < -0.39 is 0 Å². The molecule has 1 N–H and O–H groups in total. The van der Waals surface area contributed by atoms with E-state index in [4.69, 9.17) is 0 Å². The fourth-order valence-electron chi connectivity index (χ4n) is 3.04. The van der Waals surface area contributed by atoms with Gasteiger partial charge in [0.25, 0.3) is 0 Å². The second-order valence-corrected chi connectivity index (χ2v) is 7.00. The van der Waals surface area contributed by atoms with Crippen molar-refractivity contribution < 1.29 is 4.79 Å². The van der Waals surface area contributed by atoms with Gasteiger partial charge in [0, 0.05) is 10.9 Å². The van der Waals surface area contributed by atoms with Gasteiger partial charge in [-0.3, -0.25) is 10.1 Å². The third-order valence-electron chi connectivity index (χ3n) is 4.30. The zero-order chi connectivity index (χ0) is 15.2. The van der Waals surface area contributed by atoms with Crippen LogP contribution in [0, 0.1) is 0 Å². The van der Waals surface area contributed by atoms with Gasteiger partial charge in [-0.2, -0.15) is 0 Å². The van der Waals surface area contributed by atoms with E-state index in [1.807, 2.05) is 0 Å². The summed E-state index contributed by atoms with van der Waals surface area (Å²) in [5.41, 5.74) is 0. The molecule has 0 radical (unpaired) electrons. The highest BCUT2D eigenvalue weighted by atomic mass is 32.1. The molecule has 21 heavy (non-hydrogen) atoms. The number of hydrogen-bond donors (Lipinski definition) is 1. The Kier molecular flexibility index (Phi) is 6.24. The molecule has 118 valence electrons. The van der Waals surface area contributed by atoms with E-state index in [2.05, 4.69) is 48.5 Å². The van der Waals surface area contributed by atoms with E-state index in [1.165, 1.54) is 17.7 Å². The van der Waals surface area contributed by atoms with E-state index in [-0.39, 0.29) is 12.2 Å². The molecular weight excluding hydrogens is 280 g/mol. The molecule has 1 aliphatic rings. The minimum Gasteiger partial charge on any atom is -0.318 e. The lowest BCUT2D eigenvalue weighted by Gasteiger charge is -2.30. The van der Waals surface area contributed by atoms with Crippen molar-refractivity contribution in [1.29, 1.82) is 0 Å². The van der Waals surface area contributed by atoms with Gasteiger partial charge in [0.2, 0.25) is 5.91 Å². The number of rotatable bonds is 8. The molecule has 4 heteroatoms. The Morgan fingerprint density at radius 3 is 2.71 bits per heavy atom. The van der Waals surface area contributed by atoms with E-state index >= 15 is 0 Å². The Labute approximate surface area is 132 Å². The first-order valence-corrected chi connectivity index (χ1v) is 9.18. The van der Waals surface area contributed by atoms with Gasteiger partial charge in [-0.05, 0) is 31.2 Å². The largest absolute Gasteiger partial charge is 0.318 e. The summed E-state index contributed by atoms with van der Waals surface area (Å²) in [6, 6.07) is 4.52. The lowest BCUT2D eigenvalue weighted by atomic mass is 10.1. The summed E-state index contributed by atoms with van der Waals surface area (Å²) in [7, 11) is 0. The third kappa shape index (κ3) is 3.86. The number of nitrogens with zero attached hydrogens (tertiary/aromatic N) is 1. The monoisotopic (exact) mass is 308 g/mol. The molecule has 1 amide bonds. The quantitative estimate of drug-likeness (QED) is 0.776. The summed E-state index contributed by atoms with van der Waals surface area (Å²) in [4.78, 5) is 16.1. The van der Waals surface area contributed by atoms with Crippen molar-refractivity contribution >= 4 is 17.2 Å². The molecule has 1 aliphatic heterocycles. The maximum absolute atomic E-state index is 12.8. The first-order valence-electron chi connectivity index (χ1n) is 8.30. The van der Waals surface area contributed by atoms with Gasteiger partial charge in [0.05, 0.1) is 6.04 Å². The Morgan fingerprint density at radius 2 is 2.10 bits per heavy atom. The number of unbranched alkanes of at least 4 members (excludes halogenated alkanes) is 2. The predicted molar refractivity (Wildman–Crippen MR) is 89.3 cm³/mol. The second-order valence-electron chi connectivity index (χ2n) is 6.02. The highest BCUT2D eigenvalue weighted by Crippen LogP contribution is 2.32. The average Bonchev–Trinajstić information content (AvgIpc) is 3.10. The summed E-state index contributed by atoms with van der Waals surface area (Å²) in [6.45, 7) is 6.58. The van der Waals surface area contributed by atoms with Crippen LogP contribution in [0.15, 0.2) is 17.5 Å². The van der Waals surface area contributed by atoms with E-state index in [0.29, 0.717) is 11.9 Å². The van der Waals surface area contributed by atoms with Crippen molar-refractivity contribution in [2.45, 2.75) is 77.5 Å². The molecule has 0 aliphatic carbocycles. The number of carbonyl (C=O) groups excluding carboxylic acids is 1. The van der Waals surface area contributed by atoms with Gasteiger partial charge >= 0.3 is 0 Å². The van der Waals surface area contributed by atoms with Crippen molar-refractivity contribution in [1.82, 2.24) is 10.2 Å². The van der Waals surface area contributed by atoms with Crippen LogP contribution in [0.25, 0.3) is 0 Å². The van der Waals surface area contributed by atoms with Crippen molar-refractivity contribution in [3.63, 3.8) is 0 Å². The standard InChI is InChI=1S/C17H28N2OS/c1-4-6-9-13(3)19-16(15-11-8-12-21-15)18-14(17(19)20)10-7-5-2/h8,11-14,16,18H,4-7,9-10H2,1-3H3. The van der Waals surface area contributed by atoms with Crippen LogP contribution in [-0.2, 0) is 4.79 Å². The summed E-state index contributed by atoms with van der Waals surface area (Å²) in [5.74, 6) is 0.297. The lowest BCUT2D eigenvalue weighted by Crippen LogP contribution is -2.38. The summed E-state index contributed by atoms with van der Waals surface area (Å²) in [6.07, 6.45) is 6.73. The van der Waals surface area contributed by atoms with Gasteiger partial charge in [-0.15, -0.1) is 11.3 Å². The van der Waals surface area contributed by atoms with Crippen LogP contribution in [0.5, 0.6) is 0 Å². The van der Waals surface area contributed by atoms with Crippen molar-refractivity contribution in [2.24, 2.45) is 0 Å². The maximum atomic E-state index is 12.8. The molecule has 0 spiro atoms. The second kappa shape index (κ2) is 7.95. The van der Waals surface area contributed by atoms with E-state index in [9.17, 15) is 4.79 Å². The Bertz CT molecular complexity index is 432. The minimum absolute atomic E-state index is 0.00104. The normalized spacial score (nSPS) is 23.8. The van der Waals surface area contributed by atoms with Crippen molar-refractivity contribution in [3.05, 3.63) is 22.4 Å². The van der Waals surface area contributed by atoms with Gasteiger partial charge in [0.15, 0.2) is 0 Å². The van der Waals surface area contributed by atoms with Gasteiger partial charge in [-0.1, -0.05) is 45.6 Å². The van der Waals surface area contributed by atoms with Crippen LogP contribution in [0.1, 0.15) is 70.3 Å². The molecule has 0 bridgehead atoms. The summed E-state index contributed by atoms with van der Waals surface area (Å²) < 4.78 is 0. The highest BCUT2D eigenvalue weighted by molar-refractivity contribution is 7.10. The lowest BCUT2D eigenvalue weighted by molar-refractivity contribution is -0.132. The molecular formula is C17H28N2OS. The maximum Gasteiger partial charge on any atom is 0.241 e. The van der Waals surface area contributed by atoms with E-state index in [0.717, 1.165) is 25.7 Å². The van der Waals surface area contributed by atoms with Crippen molar-refractivity contribution in [2.75, 3.05) is 0 Å². The number of carbonyl (C=O) groups is 1. The zero-order valence-electron chi connectivity index (χ0n) is 13.5. The van der Waals surface area contributed by atoms with Gasteiger partial charge < -0.3 is 4.90 Å². The fourth-order valence-corrected chi connectivity index (χ4v) is 3.82. The minimum atomic E-state index is 0.00104. The fraction of sp³-hybridized carbons (Fsp3) is 0.706. The molecule has 1 aromatic rings. The van der Waals surface area contributed by atoms with Crippen LogP contribution in [0.2, 0.25) is 0 Å². The molecule has 2 rings (SSSR count). The highest BCUT2D eigenvalue weighted by Gasteiger charge is 2.41. The van der Waals surface area contributed by atoms with Crippen LogP contribution in [0.3, 0.4) is 0 Å². The zero-order valence-corrected chi connectivity index (χ0v) is 14.3. The number of nitrogens with one attached hydrogen (secondary N) is 1. The molecule has 3 nitrogen and oxygen atoms in total. The first kappa shape index (κ1) is 16.5. The number of amides is 1. The predicted octanol–water partition coefficient (Wildman–Crippen LogP) is 4.32. The topological polar surface area (TPSA) is 32.3 Å². The Balaban J connectivity index is 2.13. The Morgan fingerprint density at radius 1 is 1.33 bits per heavy atom. The summed E-state index contributed by atoms with van der Waals surface area (Å²) in [5, 5.41) is 5.67. The van der Waals surface area contributed by atoms with Gasteiger partial charge in [-0.25, -0.2) is 0 Å². The smallest absolute Gasteiger partial charge is 0.241 e. The van der Waals surface area contributed by atoms with Crippen LogP contribution < -0.4 is 5.32 Å². The molecule has 1 fully saturated rings. The molecule has 2 heterocycles.